The van der Waals surface area contributed by atoms with Crippen molar-refractivity contribution in [3.05, 3.63) is 35.9 Å². The van der Waals surface area contributed by atoms with E-state index in [1.807, 2.05) is 30.3 Å². The minimum atomic E-state index is -0.909. The number of carboxylic acids is 1. The number of carboxylic acid groups (broad SMARTS) is 1. The van der Waals surface area contributed by atoms with Gasteiger partial charge in [0, 0.05) is 0 Å². The van der Waals surface area contributed by atoms with E-state index in [9.17, 15) is 9.59 Å². The van der Waals surface area contributed by atoms with E-state index in [2.05, 4.69) is 5.32 Å². The molecule has 0 aromatic heterocycles. The van der Waals surface area contributed by atoms with E-state index < -0.39 is 17.6 Å². The number of amides is 1. The van der Waals surface area contributed by atoms with Crippen molar-refractivity contribution in [2.75, 3.05) is 0 Å². The molecule has 5 nitrogen and oxygen atoms in total. The van der Waals surface area contributed by atoms with E-state index in [1.165, 1.54) is 0 Å². The normalized spacial score (nSPS) is 17.4. The van der Waals surface area contributed by atoms with E-state index in [0.29, 0.717) is 0 Å². The van der Waals surface area contributed by atoms with Crippen molar-refractivity contribution in [2.45, 2.75) is 44.8 Å². The molecule has 5 heteroatoms. The fourth-order valence-electron chi connectivity index (χ4n) is 2.64. The Labute approximate surface area is 124 Å². The Hall–Kier alpha value is -2.04. The first-order valence-electron chi connectivity index (χ1n) is 7.20. The van der Waals surface area contributed by atoms with Crippen LogP contribution in [0.5, 0.6) is 0 Å². The fraction of sp³-hybridized carbons (Fsp3) is 0.500. The Bertz CT molecular complexity index is 498. The molecule has 0 aliphatic heterocycles. The molecule has 2 rings (SSSR count). The van der Waals surface area contributed by atoms with Gasteiger partial charge in [0.25, 0.3) is 0 Å². The third-order valence-electron chi connectivity index (χ3n) is 4.13. The zero-order valence-corrected chi connectivity index (χ0v) is 12.2. The molecule has 0 radical (unpaired) electrons. The molecule has 1 unspecified atom stereocenters. The second kappa shape index (κ2) is 6.61. The third kappa shape index (κ3) is 4.21. The summed E-state index contributed by atoms with van der Waals surface area (Å²) >= 11 is 0. The van der Waals surface area contributed by atoms with Gasteiger partial charge < -0.3 is 15.2 Å². The molecule has 0 spiro atoms. The number of aliphatic carboxylic acids is 1. The van der Waals surface area contributed by atoms with Gasteiger partial charge in [-0.2, -0.15) is 0 Å². The third-order valence-corrected chi connectivity index (χ3v) is 4.13. The zero-order valence-electron chi connectivity index (χ0n) is 12.2. The van der Waals surface area contributed by atoms with Crippen molar-refractivity contribution >= 4 is 12.1 Å². The van der Waals surface area contributed by atoms with Crippen LogP contribution < -0.4 is 5.32 Å². The quantitative estimate of drug-likeness (QED) is 0.845. The van der Waals surface area contributed by atoms with Gasteiger partial charge in [0.15, 0.2) is 0 Å². The SMILES string of the molecule is CC(CC(=O)O)(NC(=O)OCc1ccccc1)C1CCC1. The van der Waals surface area contributed by atoms with Crippen LogP contribution in [-0.4, -0.2) is 22.7 Å². The molecule has 1 aliphatic rings. The van der Waals surface area contributed by atoms with Gasteiger partial charge in [-0.15, -0.1) is 0 Å². The van der Waals surface area contributed by atoms with Crippen LogP contribution >= 0.6 is 0 Å². The molecule has 21 heavy (non-hydrogen) atoms. The molecule has 1 aromatic rings. The summed E-state index contributed by atoms with van der Waals surface area (Å²) in [4.78, 5) is 23.0. The number of alkyl carbamates (subject to hydrolysis) is 1. The van der Waals surface area contributed by atoms with Crippen molar-refractivity contribution < 1.29 is 19.4 Å². The van der Waals surface area contributed by atoms with Crippen molar-refractivity contribution in [3.8, 4) is 0 Å². The molecule has 1 atom stereocenters. The van der Waals surface area contributed by atoms with Gasteiger partial charge in [-0.1, -0.05) is 36.8 Å². The van der Waals surface area contributed by atoms with Gasteiger partial charge in [0.2, 0.25) is 0 Å². The van der Waals surface area contributed by atoms with Crippen LogP contribution in [0, 0.1) is 5.92 Å². The van der Waals surface area contributed by atoms with E-state index >= 15 is 0 Å². The lowest BCUT2D eigenvalue weighted by Crippen LogP contribution is -2.54. The summed E-state index contributed by atoms with van der Waals surface area (Å²) in [5.41, 5.74) is 0.161. The Morgan fingerprint density at radius 3 is 2.52 bits per heavy atom. The zero-order chi connectivity index (χ0) is 15.3. The maximum absolute atomic E-state index is 11.9. The van der Waals surface area contributed by atoms with E-state index in [0.717, 1.165) is 24.8 Å². The molecule has 2 N–H and O–H groups in total. The Morgan fingerprint density at radius 2 is 2.00 bits per heavy atom. The topological polar surface area (TPSA) is 75.6 Å². The highest BCUT2D eigenvalue weighted by molar-refractivity contribution is 5.72. The lowest BCUT2D eigenvalue weighted by atomic mass is 9.70. The average Bonchev–Trinajstić information content (AvgIpc) is 2.34. The second-order valence-corrected chi connectivity index (χ2v) is 5.80. The number of hydrogen-bond acceptors (Lipinski definition) is 3. The highest BCUT2D eigenvalue weighted by Crippen LogP contribution is 2.38. The number of nitrogens with one attached hydrogen (secondary N) is 1. The molecule has 0 bridgehead atoms. The van der Waals surface area contributed by atoms with Crippen molar-refractivity contribution in [1.82, 2.24) is 5.32 Å². The Morgan fingerprint density at radius 1 is 1.33 bits per heavy atom. The monoisotopic (exact) mass is 291 g/mol. The lowest BCUT2D eigenvalue weighted by molar-refractivity contribution is -0.139. The van der Waals surface area contributed by atoms with Gasteiger partial charge in [0.1, 0.15) is 6.61 Å². The first-order valence-corrected chi connectivity index (χ1v) is 7.20. The van der Waals surface area contributed by atoms with Crippen molar-refractivity contribution in [1.29, 1.82) is 0 Å². The van der Waals surface area contributed by atoms with E-state index in [1.54, 1.807) is 6.92 Å². The second-order valence-electron chi connectivity index (χ2n) is 5.80. The summed E-state index contributed by atoms with van der Waals surface area (Å²) in [6.07, 6.45) is 2.33. The summed E-state index contributed by atoms with van der Waals surface area (Å²) < 4.78 is 5.18. The van der Waals surface area contributed by atoms with Crippen LogP contribution in [0.25, 0.3) is 0 Å². The van der Waals surface area contributed by atoms with Crippen LogP contribution in [0.4, 0.5) is 4.79 Å². The largest absolute Gasteiger partial charge is 0.481 e. The molecular weight excluding hydrogens is 270 g/mol. The minimum Gasteiger partial charge on any atom is -0.481 e. The fourth-order valence-corrected chi connectivity index (χ4v) is 2.64. The molecule has 1 aliphatic carbocycles. The predicted octanol–water partition coefficient (Wildman–Crippen LogP) is 2.95. The van der Waals surface area contributed by atoms with Gasteiger partial charge in [-0.25, -0.2) is 4.79 Å². The van der Waals surface area contributed by atoms with Crippen LogP contribution in [0.3, 0.4) is 0 Å². The molecule has 1 saturated carbocycles. The molecule has 0 heterocycles. The number of carbonyl (C=O) groups excluding carboxylic acids is 1. The molecule has 1 fully saturated rings. The molecule has 1 amide bonds. The highest BCUT2D eigenvalue weighted by atomic mass is 16.5. The number of hydrogen-bond donors (Lipinski definition) is 2. The standard InChI is InChI=1S/C16H21NO4/c1-16(10-14(18)19,13-8-5-9-13)17-15(20)21-11-12-6-3-2-4-7-12/h2-4,6-7,13H,5,8-11H2,1H3,(H,17,20)(H,18,19). The molecule has 114 valence electrons. The van der Waals surface area contributed by atoms with Crippen LogP contribution in [0.2, 0.25) is 0 Å². The Balaban J connectivity index is 1.90. The summed E-state index contributed by atoms with van der Waals surface area (Å²) in [6.45, 7) is 1.97. The van der Waals surface area contributed by atoms with Crippen LogP contribution in [-0.2, 0) is 16.1 Å². The summed E-state index contributed by atoms with van der Waals surface area (Å²) in [5.74, 6) is -0.703. The molecule has 0 saturated heterocycles. The van der Waals surface area contributed by atoms with Crippen LogP contribution in [0.1, 0.15) is 38.2 Å². The Kier molecular flexibility index (Phi) is 4.83. The minimum absolute atomic E-state index is 0.0852. The summed E-state index contributed by atoms with van der Waals surface area (Å²) in [7, 11) is 0. The average molecular weight is 291 g/mol. The first kappa shape index (κ1) is 15.4. The smallest absolute Gasteiger partial charge is 0.407 e. The number of ether oxygens (including phenoxy) is 1. The number of carbonyl (C=O) groups is 2. The summed E-state index contributed by atoms with van der Waals surface area (Å²) in [6, 6.07) is 9.38. The first-order chi connectivity index (χ1) is 9.99. The summed E-state index contributed by atoms with van der Waals surface area (Å²) in [5, 5.41) is 11.8. The van der Waals surface area contributed by atoms with Crippen molar-refractivity contribution in [2.24, 2.45) is 5.92 Å². The highest BCUT2D eigenvalue weighted by Gasteiger charge is 2.41. The van der Waals surface area contributed by atoms with Gasteiger partial charge in [-0.05, 0) is 31.2 Å². The number of rotatable bonds is 6. The van der Waals surface area contributed by atoms with E-state index in [4.69, 9.17) is 9.84 Å². The van der Waals surface area contributed by atoms with Crippen molar-refractivity contribution in [3.63, 3.8) is 0 Å². The number of benzene rings is 1. The predicted molar refractivity (Wildman–Crippen MR) is 77.8 cm³/mol. The molecular formula is C16H21NO4. The van der Waals surface area contributed by atoms with Gasteiger partial charge in [0.05, 0.1) is 12.0 Å². The van der Waals surface area contributed by atoms with E-state index in [-0.39, 0.29) is 18.9 Å². The maximum atomic E-state index is 11.9. The van der Waals surface area contributed by atoms with Gasteiger partial charge >= 0.3 is 12.1 Å². The lowest BCUT2D eigenvalue weighted by Gasteiger charge is -2.42. The maximum Gasteiger partial charge on any atom is 0.407 e. The van der Waals surface area contributed by atoms with Crippen LogP contribution in [0.15, 0.2) is 30.3 Å². The van der Waals surface area contributed by atoms with Gasteiger partial charge in [-0.3, -0.25) is 4.79 Å². The molecule has 1 aromatic carbocycles.